The van der Waals surface area contributed by atoms with Gasteiger partial charge in [-0.25, -0.2) is 0 Å². The number of aliphatic hydroxyl groups excluding tert-OH is 1. The van der Waals surface area contributed by atoms with E-state index in [9.17, 15) is 9.90 Å². The van der Waals surface area contributed by atoms with Gasteiger partial charge in [-0.2, -0.15) is 0 Å². The highest BCUT2D eigenvalue weighted by Crippen LogP contribution is 2.33. The van der Waals surface area contributed by atoms with Crippen LogP contribution in [0.25, 0.3) is 0 Å². The quantitative estimate of drug-likeness (QED) is 0.895. The fraction of sp³-hybridized carbons (Fsp3) is 0.588. The number of nitrogens with one attached hydrogen (secondary N) is 1. The second-order valence-electron chi connectivity index (χ2n) is 6.17. The fourth-order valence-electron chi connectivity index (χ4n) is 3.29. The third-order valence-corrected chi connectivity index (χ3v) is 4.54. The van der Waals surface area contributed by atoms with E-state index in [1.54, 1.807) is 6.92 Å². The van der Waals surface area contributed by atoms with Gasteiger partial charge in [-0.3, -0.25) is 4.79 Å². The summed E-state index contributed by atoms with van der Waals surface area (Å²) in [7, 11) is 0. The lowest BCUT2D eigenvalue weighted by atomic mass is 10.1. The van der Waals surface area contributed by atoms with Crippen LogP contribution in [0.1, 0.15) is 56.3 Å². The third kappa shape index (κ3) is 3.21. The highest BCUT2D eigenvalue weighted by molar-refractivity contribution is 5.81. The summed E-state index contributed by atoms with van der Waals surface area (Å²) in [6.07, 6.45) is 5.37. The van der Waals surface area contributed by atoms with E-state index in [1.807, 2.05) is 18.2 Å². The van der Waals surface area contributed by atoms with Crippen LogP contribution in [0.5, 0.6) is 5.75 Å². The molecular weight excluding hydrogens is 266 g/mol. The number of carbonyl (C=O) groups excluding carboxylic acids is 1. The first kappa shape index (κ1) is 14.4. The van der Waals surface area contributed by atoms with Crippen molar-refractivity contribution in [2.75, 3.05) is 0 Å². The molecule has 2 atom stereocenters. The van der Waals surface area contributed by atoms with Gasteiger partial charge in [0.2, 0.25) is 0 Å². The number of carbonyl (C=O) groups is 1. The maximum Gasteiger partial charge on any atom is 0.260 e. The molecule has 0 bridgehead atoms. The van der Waals surface area contributed by atoms with Crippen LogP contribution in [0.3, 0.4) is 0 Å². The van der Waals surface area contributed by atoms with Crippen molar-refractivity contribution in [3.63, 3.8) is 0 Å². The predicted molar refractivity (Wildman–Crippen MR) is 80.2 cm³/mol. The minimum Gasteiger partial charge on any atom is -0.481 e. The van der Waals surface area contributed by atoms with Gasteiger partial charge in [0.1, 0.15) is 5.75 Å². The zero-order chi connectivity index (χ0) is 14.8. The molecule has 2 N–H and O–H groups in total. The highest BCUT2D eigenvalue weighted by atomic mass is 16.5. The Kier molecular flexibility index (Phi) is 4.15. The number of amides is 1. The van der Waals surface area contributed by atoms with Crippen LogP contribution in [-0.2, 0) is 11.2 Å². The number of aliphatic hydroxyl groups is 1. The molecule has 1 aromatic carbocycles. The number of hydrogen-bond acceptors (Lipinski definition) is 3. The van der Waals surface area contributed by atoms with Crippen LogP contribution < -0.4 is 10.1 Å². The summed E-state index contributed by atoms with van der Waals surface area (Å²) < 4.78 is 5.75. The van der Waals surface area contributed by atoms with Crippen molar-refractivity contribution in [2.45, 2.75) is 63.7 Å². The topological polar surface area (TPSA) is 58.6 Å². The van der Waals surface area contributed by atoms with Gasteiger partial charge in [0, 0.05) is 6.04 Å². The van der Waals surface area contributed by atoms with Crippen LogP contribution in [0.15, 0.2) is 18.2 Å². The molecule has 4 nitrogen and oxygen atoms in total. The molecule has 21 heavy (non-hydrogen) atoms. The van der Waals surface area contributed by atoms with Gasteiger partial charge >= 0.3 is 0 Å². The summed E-state index contributed by atoms with van der Waals surface area (Å²) in [5.41, 5.74) is 2.12. The minimum absolute atomic E-state index is 0.0394. The third-order valence-electron chi connectivity index (χ3n) is 4.54. The van der Waals surface area contributed by atoms with Gasteiger partial charge in [-0.15, -0.1) is 0 Å². The van der Waals surface area contributed by atoms with Crippen LogP contribution in [0.2, 0.25) is 0 Å². The van der Waals surface area contributed by atoms with E-state index in [2.05, 4.69) is 5.32 Å². The molecule has 1 saturated carbocycles. The minimum atomic E-state index is -0.491. The smallest absolute Gasteiger partial charge is 0.260 e. The predicted octanol–water partition coefficient (Wildman–Crippen LogP) is 2.49. The molecule has 3 rings (SSSR count). The van der Waals surface area contributed by atoms with Crippen molar-refractivity contribution in [3.05, 3.63) is 29.3 Å². The monoisotopic (exact) mass is 289 g/mol. The Balaban J connectivity index is 1.59. The molecular formula is C17H23NO3. The molecule has 1 fully saturated rings. The second kappa shape index (κ2) is 6.06. The molecule has 2 aliphatic rings. The number of hydrogen-bond donors (Lipinski definition) is 2. The van der Waals surface area contributed by atoms with Gasteiger partial charge in [0.15, 0.2) is 6.10 Å². The standard InChI is InChI=1S/C17H23NO3/c1-11(17(20)18-13-4-2-3-5-13)21-14-7-8-15-12(10-14)6-9-16(15)19/h7-8,10-11,13,16,19H,2-6,9H2,1H3,(H,18,20). The Morgan fingerprint density at radius 3 is 2.86 bits per heavy atom. The van der Waals surface area contributed by atoms with E-state index in [4.69, 9.17) is 4.74 Å². The highest BCUT2D eigenvalue weighted by Gasteiger charge is 2.23. The summed E-state index contributed by atoms with van der Waals surface area (Å²) >= 11 is 0. The number of aryl methyl sites for hydroxylation is 1. The molecule has 2 aliphatic carbocycles. The van der Waals surface area contributed by atoms with Crippen molar-refractivity contribution in [2.24, 2.45) is 0 Å². The van der Waals surface area contributed by atoms with E-state index < -0.39 is 6.10 Å². The molecule has 0 aromatic heterocycles. The van der Waals surface area contributed by atoms with Crippen molar-refractivity contribution < 1.29 is 14.6 Å². The average Bonchev–Trinajstić information content (AvgIpc) is 3.09. The van der Waals surface area contributed by atoms with Crippen molar-refractivity contribution in [3.8, 4) is 5.75 Å². The van der Waals surface area contributed by atoms with Crippen molar-refractivity contribution in [1.29, 1.82) is 0 Å². The first-order valence-electron chi connectivity index (χ1n) is 7.91. The lowest BCUT2D eigenvalue weighted by Crippen LogP contribution is -2.41. The van der Waals surface area contributed by atoms with E-state index >= 15 is 0 Å². The first-order chi connectivity index (χ1) is 10.1. The van der Waals surface area contributed by atoms with Crippen LogP contribution in [0, 0.1) is 0 Å². The summed E-state index contributed by atoms with van der Waals surface area (Å²) in [6, 6.07) is 6.01. The molecule has 0 aliphatic heterocycles. The zero-order valence-electron chi connectivity index (χ0n) is 12.5. The summed E-state index contributed by atoms with van der Waals surface area (Å²) in [4.78, 5) is 12.1. The van der Waals surface area contributed by atoms with E-state index in [0.29, 0.717) is 11.8 Å². The summed E-state index contributed by atoms with van der Waals surface area (Å²) in [5.74, 6) is 0.666. The van der Waals surface area contributed by atoms with E-state index in [0.717, 1.165) is 36.8 Å². The molecule has 4 heteroatoms. The van der Waals surface area contributed by atoms with Gasteiger partial charge in [0.05, 0.1) is 6.10 Å². The summed E-state index contributed by atoms with van der Waals surface area (Å²) in [5, 5.41) is 12.9. The Hall–Kier alpha value is -1.55. The average molecular weight is 289 g/mol. The second-order valence-corrected chi connectivity index (χ2v) is 6.17. The number of rotatable bonds is 4. The number of ether oxygens (including phenoxy) is 1. The largest absolute Gasteiger partial charge is 0.481 e. The van der Waals surface area contributed by atoms with Gasteiger partial charge in [-0.05, 0) is 55.9 Å². The van der Waals surface area contributed by atoms with Gasteiger partial charge in [-0.1, -0.05) is 18.9 Å². The maximum absolute atomic E-state index is 12.1. The molecule has 0 radical (unpaired) electrons. The van der Waals surface area contributed by atoms with E-state index in [-0.39, 0.29) is 12.0 Å². The first-order valence-corrected chi connectivity index (χ1v) is 7.91. The number of benzene rings is 1. The molecule has 0 saturated heterocycles. The Labute approximate surface area is 125 Å². The lowest BCUT2D eigenvalue weighted by Gasteiger charge is -2.18. The Morgan fingerprint density at radius 1 is 1.33 bits per heavy atom. The Morgan fingerprint density at radius 2 is 2.10 bits per heavy atom. The van der Waals surface area contributed by atoms with Gasteiger partial charge < -0.3 is 15.2 Å². The molecule has 1 aromatic rings. The molecule has 114 valence electrons. The zero-order valence-corrected chi connectivity index (χ0v) is 12.5. The van der Waals surface area contributed by atoms with Crippen LogP contribution >= 0.6 is 0 Å². The van der Waals surface area contributed by atoms with Crippen molar-refractivity contribution >= 4 is 5.91 Å². The lowest BCUT2D eigenvalue weighted by molar-refractivity contribution is -0.127. The van der Waals surface area contributed by atoms with Gasteiger partial charge in [0.25, 0.3) is 5.91 Å². The maximum atomic E-state index is 12.1. The molecule has 1 amide bonds. The summed E-state index contributed by atoms with van der Waals surface area (Å²) in [6.45, 7) is 1.78. The molecule has 2 unspecified atom stereocenters. The van der Waals surface area contributed by atoms with Crippen molar-refractivity contribution in [1.82, 2.24) is 5.32 Å². The van der Waals surface area contributed by atoms with Crippen LogP contribution in [0.4, 0.5) is 0 Å². The molecule has 0 spiro atoms. The normalized spacial score (nSPS) is 22.9. The van der Waals surface area contributed by atoms with Crippen LogP contribution in [-0.4, -0.2) is 23.2 Å². The number of fused-ring (bicyclic) bond motifs is 1. The fourth-order valence-corrected chi connectivity index (χ4v) is 3.29. The SMILES string of the molecule is CC(Oc1ccc2c(c1)CCC2O)C(=O)NC1CCCC1. The Bertz CT molecular complexity index is 523. The molecule has 0 heterocycles. The van der Waals surface area contributed by atoms with E-state index in [1.165, 1.54) is 12.8 Å².